The molecule has 8 aliphatic rings. The van der Waals surface area contributed by atoms with Gasteiger partial charge in [-0.05, 0) is 189 Å². The number of rotatable bonds is 9. The molecule has 8 bridgehead atoms. The second-order valence-electron chi connectivity index (χ2n) is 26.2. The minimum atomic E-state index is -4.24. The zero-order chi connectivity index (χ0) is 60.5. The van der Waals surface area contributed by atoms with Gasteiger partial charge in [-0.15, -0.1) is 0 Å². The molecule has 0 radical (unpaired) electrons. The van der Waals surface area contributed by atoms with Crippen molar-refractivity contribution in [1.29, 1.82) is 0 Å². The molecule has 0 aromatic carbocycles. The first kappa shape index (κ1) is 61.6. The van der Waals surface area contributed by atoms with Gasteiger partial charge in [-0.1, -0.05) is 37.6 Å². The van der Waals surface area contributed by atoms with Crippen LogP contribution in [-0.4, -0.2) is 147 Å². The Morgan fingerprint density at radius 2 is 1.06 bits per heavy atom. The van der Waals surface area contributed by atoms with Gasteiger partial charge >= 0.3 is 12.1 Å². The Morgan fingerprint density at radius 3 is 1.55 bits per heavy atom. The van der Waals surface area contributed by atoms with Crippen LogP contribution >= 0.6 is 11.6 Å². The lowest BCUT2D eigenvalue weighted by molar-refractivity contribution is 0.0972. The predicted molar refractivity (Wildman–Crippen MR) is 328 cm³/mol. The molecule has 2 aliphatic carbocycles. The van der Waals surface area contributed by atoms with E-state index in [9.17, 15) is 36.0 Å². The van der Waals surface area contributed by atoms with Gasteiger partial charge in [-0.25, -0.2) is 39.0 Å². The van der Waals surface area contributed by atoms with Crippen LogP contribution in [0.2, 0.25) is 5.15 Å². The highest BCUT2D eigenvalue weighted by Crippen LogP contribution is 2.50. The number of urea groups is 2. The number of hydrogen-bond donors (Lipinski definition) is 5. The summed E-state index contributed by atoms with van der Waals surface area (Å²) in [5.74, 6) is 1.44. The van der Waals surface area contributed by atoms with Crippen molar-refractivity contribution < 1.29 is 36.0 Å². The Bertz CT molecular complexity index is 3400. The van der Waals surface area contributed by atoms with E-state index < -0.39 is 31.9 Å². The second-order valence-corrected chi connectivity index (χ2v) is 29.9. The number of nitrogens with zero attached hydrogens (tertiary/aromatic N) is 9. The van der Waals surface area contributed by atoms with Crippen molar-refractivity contribution in [3.05, 3.63) is 76.9 Å². The highest BCUT2D eigenvalue weighted by atomic mass is 35.5. The van der Waals surface area contributed by atoms with Crippen molar-refractivity contribution in [3.63, 3.8) is 0 Å². The number of sulfonamides is 2. The number of nitrogens with one attached hydrogen (secondary N) is 5. The number of amides is 6. The largest absolute Gasteiger partial charge is 0.370 e. The zero-order valence-electron chi connectivity index (χ0n) is 49.9. The van der Waals surface area contributed by atoms with E-state index in [0.717, 1.165) is 84.1 Å². The maximum absolute atomic E-state index is 13.6. The fraction of sp³-hybridized carbons (Fsp3) is 0.600. The molecule has 10 heterocycles. The van der Waals surface area contributed by atoms with Crippen molar-refractivity contribution in [2.75, 3.05) is 90.8 Å². The SMILES string of the molecule is CC1(C)C[C@@H]2CCCNc3cccc(n3)S(=O)(=O)NC(=O)c3ccc(Cl)nc3N1C2.CC1(CCCN2CCN(c3ccc4c(n3)N3C[C@@H](CCCNc5cccc(n5)S(=O)(=O)NC4=O)CC3(C)C)C2=O)CC1.CC1(CCCN2CCNC2=O)CC1. The van der Waals surface area contributed by atoms with Crippen LogP contribution in [0.15, 0.2) is 70.7 Å². The van der Waals surface area contributed by atoms with E-state index in [1.165, 1.54) is 62.8 Å². The Kier molecular flexibility index (Phi) is 17.9. The molecule has 5 N–H and O–H groups in total. The molecule has 4 saturated heterocycles. The summed E-state index contributed by atoms with van der Waals surface area (Å²) in [6.07, 6.45) is 15.5. The molecule has 2 atom stereocenters. The summed E-state index contributed by atoms with van der Waals surface area (Å²) in [4.78, 5) is 78.5. The summed E-state index contributed by atoms with van der Waals surface area (Å²) in [7, 11) is -8.39. The molecular weight excluding hydrogens is 1140 g/mol. The molecule has 2 saturated carbocycles. The van der Waals surface area contributed by atoms with E-state index in [-0.39, 0.29) is 49.5 Å². The van der Waals surface area contributed by atoms with Crippen molar-refractivity contribution in [2.24, 2.45) is 22.7 Å². The first-order valence-corrected chi connectivity index (χ1v) is 33.5. The molecule has 6 amide bonds. The lowest BCUT2D eigenvalue weighted by atomic mass is 9.93. The number of carbonyl (C=O) groups is 4. The Morgan fingerprint density at radius 1 is 0.565 bits per heavy atom. The van der Waals surface area contributed by atoms with Gasteiger partial charge in [-0.2, -0.15) is 16.8 Å². The number of pyridine rings is 4. The Hall–Kier alpha value is -6.53. The first-order chi connectivity index (χ1) is 40.3. The summed E-state index contributed by atoms with van der Waals surface area (Å²) < 4.78 is 56.3. The summed E-state index contributed by atoms with van der Waals surface area (Å²) in [6.45, 7) is 20.4. The van der Waals surface area contributed by atoms with Crippen LogP contribution in [0, 0.1) is 22.7 Å². The molecule has 22 nitrogen and oxygen atoms in total. The number of aromatic nitrogens is 4. The molecule has 0 unspecified atom stereocenters. The zero-order valence-corrected chi connectivity index (χ0v) is 52.3. The van der Waals surface area contributed by atoms with E-state index >= 15 is 0 Å². The Balaban J connectivity index is 0.000000161. The van der Waals surface area contributed by atoms with E-state index in [1.807, 2.05) is 9.80 Å². The normalized spacial score (nSPS) is 23.9. The van der Waals surface area contributed by atoms with Crippen molar-refractivity contribution >= 4 is 84.6 Å². The van der Waals surface area contributed by atoms with Crippen molar-refractivity contribution in [2.45, 2.75) is 153 Å². The average molecular weight is 1230 g/mol. The van der Waals surface area contributed by atoms with Crippen LogP contribution < -0.4 is 40.1 Å². The number of hydrogen-bond acceptors (Lipinski definition) is 16. The average Bonchev–Trinajstić information content (AvgIpc) is 3.05. The van der Waals surface area contributed by atoms with E-state index in [0.29, 0.717) is 84.5 Å². The van der Waals surface area contributed by atoms with Crippen molar-refractivity contribution in [1.82, 2.24) is 44.5 Å². The fourth-order valence-electron chi connectivity index (χ4n) is 12.7. The van der Waals surface area contributed by atoms with Gasteiger partial charge < -0.3 is 35.6 Å². The maximum Gasteiger partial charge on any atom is 0.325 e. The third-order valence-electron chi connectivity index (χ3n) is 18.2. The van der Waals surface area contributed by atoms with E-state index in [2.05, 4.69) is 91.7 Å². The smallest absolute Gasteiger partial charge is 0.325 e. The number of carbonyl (C=O) groups excluding carboxylic acids is 4. The quantitative estimate of drug-likeness (QED) is 0.0980. The molecular formula is C60H83ClN14O8S2. The van der Waals surface area contributed by atoms with Crippen molar-refractivity contribution in [3.8, 4) is 0 Å². The molecule has 4 aromatic rings. The van der Waals surface area contributed by atoms with Crippen LogP contribution in [0.25, 0.3) is 0 Å². The third kappa shape index (κ3) is 14.8. The standard InChI is InChI=1S/C30H41N7O4S.C20H24ClN5O3S.C10H18N2O/c1-29(2)19-21-7-5-15-31-23-8-4-9-25(32-23)42(40,41)34-27(38)22-10-11-24(33-26(22)37(29)20-21)36-18-17-35(28(36)39)16-6-12-30(3)13-14-30;1-20(2)11-13-5-4-10-22-16-6-3-7-17(24-16)30(28,29)25-19(27)14-8-9-15(21)23-18(14)26(20)12-13;1-10(4-5-10)3-2-7-12-8-6-11-9(12)13/h4,8-11,21H,5-7,12-20H2,1-3H3,(H,31,32)(H,34,38);3,6-9,13H,4-5,10-12H2,1-2H3,(H,22,24)(H,25,27);2-8H2,1H3,(H,11,13)/t21-;13-;/m00./s1. The summed E-state index contributed by atoms with van der Waals surface area (Å²) in [6, 6.07) is 15.6. The van der Waals surface area contributed by atoms with Gasteiger partial charge in [0.2, 0.25) is 0 Å². The molecule has 85 heavy (non-hydrogen) atoms. The van der Waals surface area contributed by atoms with Gasteiger partial charge in [0, 0.05) is 76.5 Å². The van der Waals surface area contributed by atoms with E-state index in [4.69, 9.17) is 16.6 Å². The highest BCUT2D eigenvalue weighted by molar-refractivity contribution is 7.90. The first-order valence-electron chi connectivity index (χ1n) is 30.2. The summed E-state index contributed by atoms with van der Waals surface area (Å²) in [5.41, 5.74) is 0.849. The molecule has 6 aliphatic heterocycles. The van der Waals surface area contributed by atoms with Gasteiger partial charge in [0.1, 0.15) is 34.2 Å². The second kappa shape index (κ2) is 24.7. The molecule has 12 rings (SSSR count). The lowest BCUT2D eigenvalue weighted by Crippen LogP contribution is -2.41. The Labute approximate surface area is 505 Å². The van der Waals surface area contributed by atoms with Crippen LogP contribution in [0.3, 0.4) is 0 Å². The predicted octanol–water partition coefficient (Wildman–Crippen LogP) is 8.88. The van der Waals surface area contributed by atoms with Gasteiger partial charge in [0.25, 0.3) is 31.9 Å². The van der Waals surface area contributed by atoms with Gasteiger partial charge in [0.05, 0.1) is 11.1 Å². The topological polar surface area (TPSA) is 264 Å². The molecule has 4 aromatic heterocycles. The van der Waals surface area contributed by atoms with Gasteiger partial charge in [-0.3, -0.25) is 14.5 Å². The number of anilines is 5. The fourth-order valence-corrected chi connectivity index (χ4v) is 14.7. The molecule has 0 spiro atoms. The monoisotopic (exact) mass is 1230 g/mol. The van der Waals surface area contributed by atoms with Crippen LogP contribution in [0.1, 0.15) is 152 Å². The molecule has 460 valence electrons. The van der Waals surface area contributed by atoms with Gasteiger partial charge in [0.15, 0.2) is 10.1 Å². The maximum atomic E-state index is 13.6. The summed E-state index contributed by atoms with van der Waals surface area (Å²) in [5, 5.41) is 9.00. The molecule has 25 heteroatoms. The lowest BCUT2D eigenvalue weighted by Gasteiger charge is -2.34. The number of fused-ring (bicyclic) bond motifs is 12. The van der Waals surface area contributed by atoms with Crippen LogP contribution in [0.5, 0.6) is 0 Å². The molecule has 6 fully saturated rings. The third-order valence-corrected chi connectivity index (χ3v) is 20.9. The number of halogens is 1. The van der Waals surface area contributed by atoms with E-state index in [1.54, 1.807) is 41.3 Å². The minimum Gasteiger partial charge on any atom is -0.370 e. The minimum absolute atomic E-state index is 0.0791. The highest BCUT2D eigenvalue weighted by Gasteiger charge is 2.44. The van der Waals surface area contributed by atoms with Crippen LogP contribution in [0.4, 0.5) is 38.7 Å². The van der Waals surface area contributed by atoms with Crippen LogP contribution in [-0.2, 0) is 20.0 Å². The summed E-state index contributed by atoms with van der Waals surface area (Å²) >= 11 is 6.14.